The molecule has 0 fully saturated rings. The molecular formula is C8H13BrClNO2. The van der Waals surface area contributed by atoms with Gasteiger partial charge in [-0.2, -0.15) is 0 Å². The van der Waals surface area contributed by atoms with Gasteiger partial charge in [0.2, 0.25) is 0 Å². The highest BCUT2D eigenvalue weighted by molar-refractivity contribution is 9.10. The molecule has 0 saturated carbocycles. The molecule has 0 aliphatic carbocycles. The Balaban J connectivity index is 0.00000144. The molecule has 0 aliphatic heterocycles. The maximum atomic E-state index is 8.57. The number of aliphatic hydroxyl groups is 1. The molecule has 0 radical (unpaired) electrons. The Hall–Kier alpha value is -0.0300. The zero-order chi connectivity index (χ0) is 8.97. The van der Waals surface area contributed by atoms with Gasteiger partial charge in [0.15, 0.2) is 4.67 Å². The number of aliphatic hydroxyl groups excluding tert-OH is 1. The molecule has 0 aliphatic rings. The number of furan rings is 1. The van der Waals surface area contributed by atoms with E-state index in [4.69, 9.17) is 15.3 Å². The van der Waals surface area contributed by atoms with Crippen LogP contribution in [0.25, 0.3) is 0 Å². The van der Waals surface area contributed by atoms with Crippen molar-refractivity contribution >= 4 is 28.3 Å². The molecule has 1 aromatic heterocycles. The van der Waals surface area contributed by atoms with Gasteiger partial charge in [-0.3, -0.25) is 0 Å². The average Bonchev–Trinajstić information content (AvgIpc) is 2.47. The predicted octanol–water partition coefficient (Wildman–Crippen LogP) is 2.24. The van der Waals surface area contributed by atoms with E-state index < -0.39 is 0 Å². The minimum Gasteiger partial charge on any atom is -0.453 e. The van der Waals surface area contributed by atoms with Gasteiger partial charge in [0.25, 0.3) is 0 Å². The van der Waals surface area contributed by atoms with E-state index in [0.29, 0.717) is 11.1 Å². The second kappa shape index (κ2) is 6.43. The smallest absolute Gasteiger partial charge is 0.169 e. The average molecular weight is 271 g/mol. The molecule has 76 valence electrons. The monoisotopic (exact) mass is 269 g/mol. The first-order valence-corrected chi connectivity index (χ1v) is 4.65. The van der Waals surface area contributed by atoms with E-state index in [1.165, 1.54) is 0 Å². The lowest BCUT2D eigenvalue weighted by Crippen LogP contribution is -2.09. The zero-order valence-corrected chi connectivity index (χ0v) is 9.47. The molecule has 3 nitrogen and oxygen atoms in total. The third kappa shape index (κ3) is 4.13. The van der Waals surface area contributed by atoms with E-state index in [2.05, 4.69) is 15.9 Å². The summed E-state index contributed by atoms with van der Waals surface area (Å²) in [6, 6.07) is 3.55. The highest BCUT2D eigenvalue weighted by Gasteiger charge is 2.09. The number of hydrogen-bond donors (Lipinski definition) is 2. The number of halogens is 2. The second-order valence-corrected chi connectivity index (χ2v) is 3.40. The fraction of sp³-hybridized carbons (Fsp3) is 0.500. The summed E-state index contributed by atoms with van der Waals surface area (Å²) in [5.41, 5.74) is 5.77. The topological polar surface area (TPSA) is 59.4 Å². The van der Waals surface area contributed by atoms with Gasteiger partial charge in [-0.05, 0) is 40.9 Å². The van der Waals surface area contributed by atoms with E-state index in [1.807, 2.05) is 12.1 Å². The predicted molar refractivity (Wildman–Crippen MR) is 56.9 cm³/mol. The molecule has 1 aromatic rings. The fourth-order valence-corrected chi connectivity index (χ4v) is 1.30. The van der Waals surface area contributed by atoms with Gasteiger partial charge in [0.05, 0.1) is 6.04 Å². The van der Waals surface area contributed by atoms with Gasteiger partial charge >= 0.3 is 0 Å². The molecule has 0 spiro atoms. The van der Waals surface area contributed by atoms with Crippen LogP contribution in [0.3, 0.4) is 0 Å². The van der Waals surface area contributed by atoms with E-state index in [0.717, 1.165) is 12.2 Å². The molecule has 1 rings (SSSR count). The van der Waals surface area contributed by atoms with Gasteiger partial charge in [0.1, 0.15) is 5.76 Å². The summed E-state index contributed by atoms with van der Waals surface area (Å²) in [5.74, 6) is 0.760. The van der Waals surface area contributed by atoms with Crippen LogP contribution in [0.1, 0.15) is 24.6 Å². The van der Waals surface area contributed by atoms with Crippen LogP contribution in [0.2, 0.25) is 0 Å². The number of hydrogen-bond acceptors (Lipinski definition) is 3. The molecule has 0 bridgehead atoms. The van der Waals surface area contributed by atoms with Crippen LogP contribution in [-0.4, -0.2) is 11.7 Å². The minimum atomic E-state index is -0.108. The third-order valence-corrected chi connectivity index (χ3v) is 2.06. The van der Waals surface area contributed by atoms with Crippen LogP contribution < -0.4 is 5.73 Å². The van der Waals surface area contributed by atoms with Crippen molar-refractivity contribution in [3.63, 3.8) is 0 Å². The third-order valence-electron chi connectivity index (χ3n) is 1.63. The maximum absolute atomic E-state index is 8.57. The molecule has 0 aromatic carbocycles. The number of rotatable bonds is 4. The van der Waals surface area contributed by atoms with Crippen molar-refractivity contribution in [1.82, 2.24) is 0 Å². The van der Waals surface area contributed by atoms with Crippen molar-refractivity contribution in [3.8, 4) is 0 Å². The first-order valence-electron chi connectivity index (χ1n) is 3.85. The number of nitrogens with two attached hydrogens (primary N) is 1. The maximum Gasteiger partial charge on any atom is 0.169 e. The van der Waals surface area contributed by atoms with E-state index in [-0.39, 0.29) is 25.1 Å². The molecule has 0 saturated heterocycles. The van der Waals surface area contributed by atoms with Gasteiger partial charge < -0.3 is 15.3 Å². The summed E-state index contributed by atoms with van der Waals surface area (Å²) < 4.78 is 5.94. The standard InChI is InChI=1S/C8H12BrNO2.ClH/c9-8-4-3-7(12-8)6(10)2-1-5-11;/h3-4,6,11H,1-2,5,10H2;1H/t6-;/m0./s1. The normalized spacial score (nSPS) is 12.2. The van der Waals surface area contributed by atoms with Crippen molar-refractivity contribution in [2.24, 2.45) is 5.73 Å². The second-order valence-electron chi connectivity index (χ2n) is 2.61. The van der Waals surface area contributed by atoms with E-state index in [9.17, 15) is 0 Å². The molecular weight excluding hydrogens is 257 g/mol. The SMILES string of the molecule is Cl.N[C@@H](CCCO)c1ccc(Br)o1. The summed E-state index contributed by atoms with van der Waals surface area (Å²) in [6.07, 6.45) is 1.45. The Labute approximate surface area is 91.8 Å². The largest absolute Gasteiger partial charge is 0.453 e. The van der Waals surface area contributed by atoms with Crippen LogP contribution >= 0.6 is 28.3 Å². The molecule has 0 amide bonds. The lowest BCUT2D eigenvalue weighted by molar-refractivity contribution is 0.276. The summed E-state index contributed by atoms with van der Waals surface area (Å²) >= 11 is 3.20. The van der Waals surface area contributed by atoms with E-state index >= 15 is 0 Å². The minimum absolute atomic E-state index is 0. The van der Waals surface area contributed by atoms with E-state index in [1.54, 1.807) is 0 Å². The lowest BCUT2D eigenvalue weighted by Gasteiger charge is -2.06. The Morgan fingerprint density at radius 2 is 2.23 bits per heavy atom. The van der Waals surface area contributed by atoms with Crippen molar-refractivity contribution in [2.45, 2.75) is 18.9 Å². The van der Waals surface area contributed by atoms with Gasteiger partial charge in [0, 0.05) is 6.61 Å². The highest BCUT2D eigenvalue weighted by atomic mass is 79.9. The summed E-state index contributed by atoms with van der Waals surface area (Å²) in [5, 5.41) is 8.57. The summed E-state index contributed by atoms with van der Waals surface area (Å²) in [7, 11) is 0. The Bertz CT molecular complexity index is 242. The molecule has 13 heavy (non-hydrogen) atoms. The first-order chi connectivity index (χ1) is 5.74. The van der Waals surface area contributed by atoms with Crippen LogP contribution in [0.15, 0.2) is 21.2 Å². The van der Waals surface area contributed by atoms with Gasteiger partial charge in [-0.15, -0.1) is 12.4 Å². The highest BCUT2D eigenvalue weighted by Crippen LogP contribution is 2.21. The van der Waals surface area contributed by atoms with Crippen LogP contribution in [0.4, 0.5) is 0 Å². The quantitative estimate of drug-likeness (QED) is 0.882. The Kier molecular flexibility index (Phi) is 6.41. The fourth-order valence-electron chi connectivity index (χ4n) is 0.981. The summed E-state index contributed by atoms with van der Waals surface area (Å²) in [6.45, 7) is 0.176. The van der Waals surface area contributed by atoms with Gasteiger partial charge in [-0.1, -0.05) is 0 Å². The Morgan fingerprint density at radius 3 is 2.69 bits per heavy atom. The molecule has 1 atom stereocenters. The zero-order valence-electron chi connectivity index (χ0n) is 7.07. The molecule has 5 heteroatoms. The summed E-state index contributed by atoms with van der Waals surface area (Å²) in [4.78, 5) is 0. The first kappa shape index (κ1) is 13.0. The van der Waals surface area contributed by atoms with Crippen LogP contribution in [-0.2, 0) is 0 Å². The van der Waals surface area contributed by atoms with Crippen molar-refractivity contribution in [1.29, 1.82) is 0 Å². The Morgan fingerprint density at radius 1 is 1.54 bits per heavy atom. The molecule has 3 N–H and O–H groups in total. The lowest BCUT2D eigenvalue weighted by atomic mass is 10.1. The van der Waals surface area contributed by atoms with Crippen molar-refractivity contribution in [3.05, 3.63) is 22.6 Å². The molecule has 0 unspecified atom stereocenters. The van der Waals surface area contributed by atoms with Crippen LogP contribution in [0, 0.1) is 0 Å². The van der Waals surface area contributed by atoms with Crippen LogP contribution in [0.5, 0.6) is 0 Å². The molecule has 1 heterocycles. The van der Waals surface area contributed by atoms with Crippen molar-refractivity contribution < 1.29 is 9.52 Å². The van der Waals surface area contributed by atoms with Crippen molar-refractivity contribution in [2.75, 3.05) is 6.61 Å². The van der Waals surface area contributed by atoms with Gasteiger partial charge in [-0.25, -0.2) is 0 Å².